The van der Waals surface area contributed by atoms with Crippen molar-refractivity contribution < 1.29 is 14.3 Å². The van der Waals surface area contributed by atoms with Crippen LogP contribution in [0.3, 0.4) is 0 Å². The quantitative estimate of drug-likeness (QED) is 0.910. The summed E-state index contributed by atoms with van der Waals surface area (Å²) in [6, 6.07) is 7.16. The van der Waals surface area contributed by atoms with Gasteiger partial charge >= 0.3 is 0 Å². The van der Waals surface area contributed by atoms with Crippen molar-refractivity contribution in [2.75, 3.05) is 12.4 Å². The SMILES string of the molecule is COc1ccc(NC(=O)C2=C(C)OC=CS2)cc1. The number of carbonyl (C=O) groups is 1. The second-order valence-electron chi connectivity index (χ2n) is 3.58. The summed E-state index contributed by atoms with van der Waals surface area (Å²) in [6.07, 6.45) is 1.56. The van der Waals surface area contributed by atoms with Crippen molar-refractivity contribution in [3.8, 4) is 5.75 Å². The number of ether oxygens (including phenoxy) is 2. The Morgan fingerprint density at radius 3 is 2.67 bits per heavy atom. The summed E-state index contributed by atoms with van der Waals surface area (Å²) in [5.41, 5.74) is 0.719. The number of hydrogen-bond donors (Lipinski definition) is 1. The first kappa shape index (κ1) is 12.6. The maximum atomic E-state index is 12.0. The molecule has 1 aromatic rings. The molecule has 0 spiro atoms. The monoisotopic (exact) mass is 263 g/mol. The molecular weight excluding hydrogens is 250 g/mol. The van der Waals surface area contributed by atoms with E-state index in [0.29, 0.717) is 10.7 Å². The van der Waals surface area contributed by atoms with Gasteiger partial charge in [-0.25, -0.2) is 0 Å². The summed E-state index contributed by atoms with van der Waals surface area (Å²) < 4.78 is 10.2. The Bertz CT molecular complexity index is 505. The second kappa shape index (κ2) is 5.64. The Balaban J connectivity index is 2.06. The van der Waals surface area contributed by atoms with Gasteiger partial charge in [-0.15, -0.1) is 0 Å². The minimum Gasteiger partial charge on any atom is -0.497 e. The third-order valence-corrected chi connectivity index (χ3v) is 3.32. The summed E-state index contributed by atoms with van der Waals surface area (Å²) in [6.45, 7) is 1.76. The Morgan fingerprint density at radius 2 is 2.06 bits per heavy atom. The molecule has 0 saturated carbocycles. The van der Waals surface area contributed by atoms with E-state index in [1.807, 2.05) is 0 Å². The van der Waals surface area contributed by atoms with Crippen molar-refractivity contribution in [1.29, 1.82) is 0 Å². The highest BCUT2D eigenvalue weighted by atomic mass is 32.2. The van der Waals surface area contributed by atoms with E-state index in [9.17, 15) is 4.79 Å². The highest BCUT2D eigenvalue weighted by molar-refractivity contribution is 8.06. The molecule has 0 unspecified atom stereocenters. The number of nitrogens with one attached hydrogen (secondary N) is 1. The van der Waals surface area contributed by atoms with E-state index in [-0.39, 0.29) is 5.91 Å². The van der Waals surface area contributed by atoms with Crippen molar-refractivity contribution in [2.45, 2.75) is 6.92 Å². The predicted octanol–water partition coefficient (Wildman–Crippen LogP) is 3.10. The average molecular weight is 263 g/mol. The maximum absolute atomic E-state index is 12.0. The first-order valence-electron chi connectivity index (χ1n) is 5.35. The van der Waals surface area contributed by atoms with Gasteiger partial charge in [0.05, 0.1) is 13.4 Å². The lowest BCUT2D eigenvalue weighted by Crippen LogP contribution is -2.14. The van der Waals surface area contributed by atoms with E-state index in [1.54, 1.807) is 50.0 Å². The second-order valence-corrected chi connectivity index (χ2v) is 4.49. The van der Waals surface area contributed by atoms with Gasteiger partial charge in [-0.05, 0) is 31.2 Å². The minimum atomic E-state index is -0.174. The van der Waals surface area contributed by atoms with Crippen LogP contribution in [-0.2, 0) is 9.53 Å². The summed E-state index contributed by atoms with van der Waals surface area (Å²) in [5, 5.41) is 4.54. The fourth-order valence-electron chi connectivity index (χ4n) is 1.44. The summed E-state index contributed by atoms with van der Waals surface area (Å²) in [5.74, 6) is 1.18. The smallest absolute Gasteiger partial charge is 0.265 e. The van der Waals surface area contributed by atoms with Gasteiger partial charge < -0.3 is 14.8 Å². The first-order chi connectivity index (χ1) is 8.70. The van der Waals surface area contributed by atoms with Crippen molar-refractivity contribution in [1.82, 2.24) is 0 Å². The van der Waals surface area contributed by atoms with E-state index < -0.39 is 0 Å². The first-order valence-corrected chi connectivity index (χ1v) is 6.23. The number of allylic oxidation sites excluding steroid dienone is 1. The topological polar surface area (TPSA) is 47.6 Å². The van der Waals surface area contributed by atoms with Crippen LogP contribution in [0.5, 0.6) is 5.75 Å². The zero-order chi connectivity index (χ0) is 13.0. The van der Waals surface area contributed by atoms with Gasteiger partial charge in [-0.3, -0.25) is 4.79 Å². The van der Waals surface area contributed by atoms with Crippen LogP contribution in [0.4, 0.5) is 5.69 Å². The third kappa shape index (κ3) is 2.87. The number of methoxy groups -OCH3 is 1. The summed E-state index contributed by atoms with van der Waals surface area (Å²) >= 11 is 1.34. The average Bonchev–Trinajstić information content (AvgIpc) is 2.40. The van der Waals surface area contributed by atoms with Crippen LogP contribution in [0.15, 0.2) is 46.6 Å². The van der Waals surface area contributed by atoms with Crippen molar-refractivity contribution in [3.05, 3.63) is 46.6 Å². The minimum absolute atomic E-state index is 0.174. The Morgan fingerprint density at radius 1 is 1.33 bits per heavy atom. The molecule has 0 aromatic heterocycles. The highest BCUT2D eigenvalue weighted by Crippen LogP contribution is 2.27. The van der Waals surface area contributed by atoms with Crippen LogP contribution in [0.25, 0.3) is 0 Å². The lowest BCUT2D eigenvalue weighted by atomic mass is 10.3. The Labute approximate surface area is 110 Å². The molecule has 0 bridgehead atoms. The van der Waals surface area contributed by atoms with Gasteiger partial charge in [-0.2, -0.15) is 0 Å². The molecular formula is C13H13NO3S. The lowest BCUT2D eigenvalue weighted by molar-refractivity contribution is -0.112. The zero-order valence-corrected chi connectivity index (χ0v) is 10.9. The van der Waals surface area contributed by atoms with E-state index in [4.69, 9.17) is 9.47 Å². The number of benzene rings is 1. The number of thioether (sulfide) groups is 1. The molecule has 1 aromatic carbocycles. The van der Waals surface area contributed by atoms with Crippen LogP contribution in [0.2, 0.25) is 0 Å². The Hall–Kier alpha value is -1.88. The van der Waals surface area contributed by atoms with Crippen molar-refractivity contribution >= 4 is 23.4 Å². The molecule has 0 radical (unpaired) electrons. The van der Waals surface area contributed by atoms with Crippen LogP contribution >= 0.6 is 11.8 Å². The molecule has 1 heterocycles. The van der Waals surface area contributed by atoms with E-state index in [1.165, 1.54) is 11.8 Å². The normalized spacial score (nSPS) is 14.1. The Kier molecular flexibility index (Phi) is 3.94. The highest BCUT2D eigenvalue weighted by Gasteiger charge is 2.16. The van der Waals surface area contributed by atoms with Gasteiger partial charge in [-0.1, -0.05) is 11.8 Å². The fourth-order valence-corrected chi connectivity index (χ4v) is 2.06. The van der Waals surface area contributed by atoms with Gasteiger partial charge in [0, 0.05) is 11.1 Å². The van der Waals surface area contributed by atoms with Gasteiger partial charge in [0.1, 0.15) is 16.4 Å². The predicted molar refractivity (Wildman–Crippen MR) is 72.1 cm³/mol. The molecule has 94 valence electrons. The number of carbonyl (C=O) groups excluding carboxylic acids is 1. The molecule has 4 nitrogen and oxygen atoms in total. The van der Waals surface area contributed by atoms with Gasteiger partial charge in [0.2, 0.25) is 0 Å². The molecule has 0 fully saturated rings. The van der Waals surface area contributed by atoms with E-state index in [2.05, 4.69) is 5.32 Å². The molecule has 1 amide bonds. The van der Waals surface area contributed by atoms with Crippen LogP contribution < -0.4 is 10.1 Å². The maximum Gasteiger partial charge on any atom is 0.265 e. The van der Waals surface area contributed by atoms with Crippen LogP contribution in [-0.4, -0.2) is 13.0 Å². The van der Waals surface area contributed by atoms with Crippen LogP contribution in [0, 0.1) is 0 Å². The van der Waals surface area contributed by atoms with Crippen molar-refractivity contribution in [3.63, 3.8) is 0 Å². The molecule has 0 saturated heterocycles. The third-order valence-electron chi connectivity index (χ3n) is 2.36. The molecule has 18 heavy (non-hydrogen) atoms. The lowest BCUT2D eigenvalue weighted by Gasteiger charge is -2.13. The number of hydrogen-bond acceptors (Lipinski definition) is 4. The van der Waals surface area contributed by atoms with E-state index >= 15 is 0 Å². The molecule has 1 aliphatic heterocycles. The zero-order valence-electron chi connectivity index (χ0n) is 10.1. The number of amides is 1. The van der Waals surface area contributed by atoms with Gasteiger partial charge in [0.25, 0.3) is 5.91 Å². The molecule has 0 aliphatic carbocycles. The standard InChI is InChI=1S/C13H13NO3S/c1-9-12(18-8-7-17-9)13(15)14-10-3-5-11(16-2)6-4-10/h3-8H,1-2H3,(H,14,15). The van der Waals surface area contributed by atoms with Crippen LogP contribution in [0.1, 0.15) is 6.92 Å². The molecule has 1 N–H and O–H groups in total. The fraction of sp³-hybridized carbons (Fsp3) is 0.154. The molecule has 2 rings (SSSR count). The number of rotatable bonds is 3. The molecule has 0 atom stereocenters. The number of anilines is 1. The van der Waals surface area contributed by atoms with E-state index in [0.717, 1.165) is 11.4 Å². The summed E-state index contributed by atoms with van der Waals surface area (Å²) in [7, 11) is 1.60. The molecule has 1 aliphatic rings. The summed E-state index contributed by atoms with van der Waals surface area (Å²) in [4.78, 5) is 12.6. The molecule has 5 heteroatoms. The van der Waals surface area contributed by atoms with Crippen molar-refractivity contribution in [2.24, 2.45) is 0 Å². The van der Waals surface area contributed by atoms with Gasteiger partial charge in [0.15, 0.2) is 0 Å². The largest absolute Gasteiger partial charge is 0.497 e.